The van der Waals surface area contributed by atoms with E-state index in [9.17, 15) is 9.90 Å². The number of ketones is 1. The summed E-state index contributed by atoms with van der Waals surface area (Å²) in [7, 11) is 2.21. The molecule has 2 aromatic rings. The number of fused-ring (bicyclic) bond motifs is 1. The SMILES string of the molecule is Cc1ccccc1/C=C1\Oc2c(ccc(O)c2C[NH+]2CC[NH+](C)CC2)C1=O. The Hall–Kier alpha value is -2.63. The number of phenolic OH excluding ortho intramolecular Hbond substituents is 1. The fraction of sp³-hybridized carbons (Fsp3) is 0.318. The zero-order valence-corrected chi connectivity index (χ0v) is 15.8. The quantitative estimate of drug-likeness (QED) is 0.682. The first-order valence-corrected chi connectivity index (χ1v) is 9.52. The first-order chi connectivity index (χ1) is 13.0. The largest absolute Gasteiger partial charge is 0.507 e. The van der Waals surface area contributed by atoms with E-state index in [1.165, 1.54) is 9.80 Å². The number of rotatable bonds is 3. The number of Topliss-reactive ketones (excluding diaryl/α,β-unsaturated/α-hetero) is 1. The van der Waals surface area contributed by atoms with Crippen LogP contribution < -0.4 is 14.5 Å². The van der Waals surface area contributed by atoms with Gasteiger partial charge in [0.25, 0.3) is 0 Å². The van der Waals surface area contributed by atoms with Crippen LogP contribution in [0.25, 0.3) is 6.08 Å². The highest BCUT2D eigenvalue weighted by molar-refractivity contribution is 6.15. The summed E-state index contributed by atoms with van der Waals surface area (Å²) in [6.07, 6.45) is 1.80. The Morgan fingerprint density at radius 1 is 1.11 bits per heavy atom. The van der Waals surface area contributed by atoms with Crippen LogP contribution in [0.15, 0.2) is 42.2 Å². The Kier molecular flexibility index (Phi) is 4.72. The Labute approximate surface area is 159 Å². The van der Waals surface area contributed by atoms with Crippen molar-refractivity contribution in [1.29, 1.82) is 0 Å². The van der Waals surface area contributed by atoms with Crippen LogP contribution in [0.5, 0.6) is 11.5 Å². The van der Waals surface area contributed by atoms with Gasteiger partial charge in [-0.3, -0.25) is 4.79 Å². The maximum absolute atomic E-state index is 12.8. The molecule has 5 heteroatoms. The Morgan fingerprint density at radius 2 is 1.85 bits per heavy atom. The van der Waals surface area contributed by atoms with Gasteiger partial charge in [0, 0.05) is 0 Å². The summed E-state index contributed by atoms with van der Waals surface area (Å²) in [6.45, 7) is 7.01. The summed E-state index contributed by atoms with van der Waals surface area (Å²) in [5.41, 5.74) is 3.34. The highest BCUT2D eigenvalue weighted by atomic mass is 16.5. The van der Waals surface area contributed by atoms with E-state index in [4.69, 9.17) is 4.74 Å². The second kappa shape index (κ2) is 7.18. The maximum atomic E-state index is 12.8. The van der Waals surface area contributed by atoms with Crippen molar-refractivity contribution >= 4 is 11.9 Å². The number of quaternary nitrogens is 2. The smallest absolute Gasteiger partial charge is 0.231 e. The van der Waals surface area contributed by atoms with Gasteiger partial charge in [0.2, 0.25) is 5.78 Å². The van der Waals surface area contributed by atoms with Crippen molar-refractivity contribution in [3.63, 3.8) is 0 Å². The third-order valence-corrected chi connectivity index (χ3v) is 5.63. The molecule has 3 N–H and O–H groups in total. The molecule has 27 heavy (non-hydrogen) atoms. The van der Waals surface area contributed by atoms with Crippen molar-refractivity contribution in [2.24, 2.45) is 0 Å². The van der Waals surface area contributed by atoms with Gasteiger partial charge in [-0.1, -0.05) is 24.3 Å². The average Bonchev–Trinajstić information content (AvgIpc) is 2.97. The van der Waals surface area contributed by atoms with Gasteiger partial charge in [0.05, 0.1) is 18.2 Å². The molecule has 0 bridgehead atoms. The lowest BCUT2D eigenvalue weighted by Gasteiger charge is -2.27. The monoisotopic (exact) mass is 366 g/mol. The van der Waals surface area contributed by atoms with E-state index in [0.29, 0.717) is 23.6 Å². The predicted octanol–water partition coefficient (Wildman–Crippen LogP) is 0.230. The number of aryl methyl sites for hydroxylation is 1. The molecule has 0 amide bonds. The van der Waals surface area contributed by atoms with Crippen molar-refractivity contribution in [1.82, 2.24) is 0 Å². The highest BCUT2D eigenvalue weighted by Gasteiger charge is 2.33. The number of nitrogens with one attached hydrogen (secondary N) is 2. The number of piperazine rings is 1. The van der Waals surface area contributed by atoms with E-state index in [0.717, 1.165) is 42.9 Å². The molecule has 0 unspecified atom stereocenters. The number of hydrogen-bond acceptors (Lipinski definition) is 3. The predicted molar refractivity (Wildman–Crippen MR) is 103 cm³/mol. The van der Waals surface area contributed by atoms with Gasteiger partial charge in [-0.05, 0) is 36.3 Å². The standard InChI is InChI=1S/C22H24N2O3/c1-15-5-3-4-6-16(15)13-20-21(26)17-7-8-19(25)18(22(17)27-20)14-24-11-9-23(2)10-12-24/h3-8,13,25H,9-12,14H2,1-2H3/p+2/b20-13-. The van der Waals surface area contributed by atoms with E-state index in [-0.39, 0.29) is 11.5 Å². The number of likely N-dealkylation sites (N-methyl/N-ethyl adjacent to an activating group) is 1. The van der Waals surface area contributed by atoms with Crippen LogP contribution in [0.2, 0.25) is 0 Å². The molecule has 2 aromatic carbocycles. The van der Waals surface area contributed by atoms with Gasteiger partial charge in [-0.15, -0.1) is 0 Å². The zero-order valence-electron chi connectivity index (χ0n) is 15.8. The molecule has 0 aromatic heterocycles. The molecule has 0 atom stereocenters. The molecule has 140 valence electrons. The Balaban J connectivity index is 1.64. The lowest BCUT2D eigenvalue weighted by Crippen LogP contribution is -3.26. The summed E-state index contributed by atoms with van der Waals surface area (Å²) in [5.74, 6) is 0.937. The van der Waals surface area contributed by atoms with Crippen LogP contribution >= 0.6 is 0 Å². The normalized spacial score (nSPS) is 23.3. The van der Waals surface area contributed by atoms with Crippen molar-refractivity contribution < 1.29 is 24.4 Å². The van der Waals surface area contributed by atoms with E-state index in [1.807, 2.05) is 31.2 Å². The molecular formula is C22H26N2O3+2. The van der Waals surface area contributed by atoms with Gasteiger partial charge in [0.15, 0.2) is 11.5 Å². The van der Waals surface area contributed by atoms with E-state index in [2.05, 4.69) is 7.05 Å². The molecule has 0 radical (unpaired) electrons. The Bertz CT molecular complexity index is 912. The molecule has 1 fully saturated rings. The fourth-order valence-electron chi connectivity index (χ4n) is 3.81. The number of aromatic hydroxyl groups is 1. The zero-order chi connectivity index (χ0) is 19.0. The molecule has 1 saturated heterocycles. The lowest BCUT2D eigenvalue weighted by atomic mass is 10.0. The summed E-state index contributed by atoms with van der Waals surface area (Å²) < 4.78 is 5.99. The summed E-state index contributed by atoms with van der Waals surface area (Å²) >= 11 is 0. The van der Waals surface area contributed by atoms with Gasteiger partial charge >= 0.3 is 0 Å². The first-order valence-electron chi connectivity index (χ1n) is 9.52. The molecule has 0 aliphatic carbocycles. The number of carbonyl (C=O) groups is 1. The molecule has 5 nitrogen and oxygen atoms in total. The van der Waals surface area contributed by atoms with Crippen LogP contribution in [-0.2, 0) is 6.54 Å². The summed E-state index contributed by atoms with van der Waals surface area (Å²) in [5, 5.41) is 10.4. The van der Waals surface area contributed by atoms with Crippen LogP contribution in [0.4, 0.5) is 0 Å². The first kappa shape index (κ1) is 17.8. The van der Waals surface area contributed by atoms with E-state index >= 15 is 0 Å². The average molecular weight is 366 g/mol. The van der Waals surface area contributed by atoms with Crippen molar-refractivity contribution in [3.8, 4) is 11.5 Å². The second-order valence-corrected chi connectivity index (χ2v) is 7.62. The number of allylic oxidation sites excluding steroid dienone is 1. The molecule has 2 aliphatic heterocycles. The minimum atomic E-state index is -0.118. The molecule has 4 rings (SSSR count). The van der Waals surface area contributed by atoms with Gasteiger partial charge in [-0.25, -0.2) is 0 Å². The maximum Gasteiger partial charge on any atom is 0.231 e. The van der Waals surface area contributed by atoms with Crippen molar-refractivity contribution in [3.05, 3.63) is 64.4 Å². The third kappa shape index (κ3) is 3.48. The topological polar surface area (TPSA) is 55.4 Å². The fourth-order valence-corrected chi connectivity index (χ4v) is 3.81. The van der Waals surface area contributed by atoms with Gasteiger partial charge in [-0.2, -0.15) is 0 Å². The number of benzene rings is 2. The van der Waals surface area contributed by atoms with Crippen LogP contribution in [0.1, 0.15) is 27.0 Å². The molecular weight excluding hydrogens is 340 g/mol. The highest BCUT2D eigenvalue weighted by Crippen LogP contribution is 2.39. The summed E-state index contributed by atoms with van der Waals surface area (Å²) in [4.78, 5) is 15.8. The minimum Gasteiger partial charge on any atom is -0.507 e. The Morgan fingerprint density at radius 3 is 2.59 bits per heavy atom. The molecule has 2 aliphatic rings. The molecule has 2 heterocycles. The van der Waals surface area contributed by atoms with Crippen LogP contribution in [0.3, 0.4) is 0 Å². The number of carbonyl (C=O) groups excluding carboxylic acids is 1. The lowest BCUT2D eigenvalue weighted by molar-refractivity contribution is -1.01. The number of phenols is 1. The number of ether oxygens (including phenoxy) is 1. The van der Waals surface area contributed by atoms with Crippen molar-refractivity contribution in [2.45, 2.75) is 13.5 Å². The van der Waals surface area contributed by atoms with Crippen molar-refractivity contribution in [2.75, 3.05) is 33.2 Å². The van der Waals surface area contributed by atoms with Gasteiger partial charge in [0.1, 0.15) is 38.5 Å². The van der Waals surface area contributed by atoms with E-state index in [1.54, 1.807) is 18.2 Å². The third-order valence-electron chi connectivity index (χ3n) is 5.63. The minimum absolute atomic E-state index is 0.118. The van der Waals surface area contributed by atoms with Gasteiger partial charge < -0.3 is 19.6 Å². The molecule has 0 saturated carbocycles. The second-order valence-electron chi connectivity index (χ2n) is 7.62. The van der Waals surface area contributed by atoms with Crippen LogP contribution in [-0.4, -0.2) is 44.1 Å². The molecule has 0 spiro atoms. The van der Waals surface area contributed by atoms with E-state index < -0.39 is 0 Å². The van der Waals surface area contributed by atoms with Crippen LogP contribution in [0, 0.1) is 6.92 Å². The number of hydrogen-bond donors (Lipinski definition) is 3. The summed E-state index contributed by atoms with van der Waals surface area (Å²) in [6, 6.07) is 11.2.